The van der Waals surface area contributed by atoms with Crippen molar-refractivity contribution in [2.75, 3.05) is 0 Å². The van der Waals surface area contributed by atoms with Crippen LogP contribution in [0.1, 0.15) is 27.7 Å². The maximum Gasteiger partial charge on any atom is 0.534 e. The fourth-order valence-corrected chi connectivity index (χ4v) is 5.65. The number of benzene rings is 2. The van der Waals surface area contributed by atoms with Crippen molar-refractivity contribution in [1.82, 2.24) is 0 Å². The number of carbonyl (C=O) groups excluding carboxylic acids is 4. The topological polar surface area (TPSA) is 105 Å². The molecule has 30 heavy (non-hydrogen) atoms. The second-order valence-electron chi connectivity index (χ2n) is 5.93. The zero-order chi connectivity index (χ0) is 22.6. The predicted octanol–water partition coefficient (Wildman–Crippen LogP) is 0.481. The Bertz CT molecular complexity index is 784. The van der Waals surface area contributed by atoms with E-state index in [0.717, 1.165) is 0 Å². The first kappa shape index (κ1) is 24.8. The zero-order valence-corrected chi connectivity index (χ0v) is 19.7. The molecule has 0 aliphatic heterocycles. The molecule has 2 aromatic carbocycles. The van der Waals surface area contributed by atoms with E-state index in [-0.39, 0.29) is 0 Å². The van der Waals surface area contributed by atoms with Crippen LogP contribution < -0.4 is 10.4 Å². The van der Waals surface area contributed by atoms with Crippen LogP contribution in [-0.2, 0) is 36.9 Å². The standard InChI is InChI=1S/C16H16O4Si.C4H8O4Si/c1-13(17)19-21(20-14(2)18,15-9-5-3-6-10-15)16-11-7-4-8-12-16;1-3(5)7-9-8-4(2)6/h3-12H,1-2H3;9H2,1-2H3. The summed E-state index contributed by atoms with van der Waals surface area (Å²) in [5.41, 5.74) is 0. The average molecular weight is 449 g/mol. The Morgan fingerprint density at radius 2 is 0.933 bits per heavy atom. The van der Waals surface area contributed by atoms with E-state index < -0.39 is 42.4 Å². The molecule has 0 unspecified atom stereocenters. The highest BCUT2D eigenvalue weighted by atomic mass is 28.4. The minimum absolute atomic E-state index is 0.400. The Hall–Kier alpha value is -3.25. The summed E-state index contributed by atoms with van der Waals surface area (Å²) in [6.45, 7) is 5.18. The van der Waals surface area contributed by atoms with Crippen molar-refractivity contribution in [2.24, 2.45) is 0 Å². The molecule has 0 saturated heterocycles. The molecule has 0 spiro atoms. The number of hydrogen-bond donors (Lipinski definition) is 0. The van der Waals surface area contributed by atoms with Gasteiger partial charge in [-0.1, -0.05) is 60.7 Å². The van der Waals surface area contributed by atoms with Gasteiger partial charge < -0.3 is 17.7 Å². The maximum atomic E-state index is 11.6. The Morgan fingerprint density at radius 3 is 1.20 bits per heavy atom. The smallest absolute Gasteiger partial charge is 0.490 e. The summed E-state index contributed by atoms with van der Waals surface area (Å²) >= 11 is 0. The molecule has 2 aromatic rings. The molecule has 0 atom stereocenters. The van der Waals surface area contributed by atoms with Crippen molar-refractivity contribution in [1.29, 1.82) is 0 Å². The summed E-state index contributed by atoms with van der Waals surface area (Å²) in [4.78, 5) is 43.3. The molecule has 0 amide bonds. The second kappa shape index (κ2) is 12.3. The number of rotatable bonds is 6. The summed E-state index contributed by atoms with van der Waals surface area (Å²) < 4.78 is 20.0. The highest BCUT2D eigenvalue weighted by molar-refractivity contribution is 6.94. The minimum Gasteiger partial charge on any atom is -0.490 e. The molecule has 0 saturated carbocycles. The van der Waals surface area contributed by atoms with Crippen LogP contribution in [0.2, 0.25) is 0 Å². The zero-order valence-electron chi connectivity index (χ0n) is 17.2. The maximum absolute atomic E-state index is 11.6. The molecule has 0 fully saturated rings. The van der Waals surface area contributed by atoms with Gasteiger partial charge in [-0.3, -0.25) is 19.2 Å². The van der Waals surface area contributed by atoms with Gasteiger partial charge in [0.15, 0.2) is 0 Å². The van der Waals surface area contributed by atoms with Crippen LogP contribution in [0.5, 0.6) is 0 Å². The van der Waals surface area contributed by atoms with Crippen LogP contribution in [0, 0.1) is 0 Å². The van der Waals surface area contributed by atoms with Gasteiger partial charge in [0, 0.05) is 38.1 Å². The fourth-order valence-electron chi connectivity index (χ4n) is 2.34. The van der Waals surface area contributed by atoms with Crippen LogP contribution >= 0.6 is 0 Å². The Kier molecular flexibility index (Phi) is 10.2. The molecule has 160 valence electrons. The highest BCUT2D eigenvalue weighted by Crippen LogP contribution is 2.11. The third kappa shape index (κ3) is 8.41. The first-order valence-electron chi connectivity index (χ1n) is 8.94. The van der Waals surface area contributed by atoms with Crippen molar-refractivity contribution >= 4 is 52.8 Å². The predicted molar refractivity (Wildman–Crippen MR) is 114 cm³/mol. The summed E-state index contributed by atoms with van der Waals surface area (Å²) in [6, 6.07) is 18.3. The fraction of sp³-hybridized carbons (Fsp3) is 0.200. The van der Waals surface area contributed by atoms with Crippen molar-refractivity contribution in [2.45, 2.75) is 27.7 Å². The van der Waals surface area contributed by atoms with Gasteiger partial charge in [0.2, 0.25) is 0 Å². The quantitative estimate of drug-likeness (QED) is 0.588. The van der Waals surface area contributed by atoms with Crippen LogP contribution in [0.15, 0.2) is 60.7 Å². The second-order valence-corrected chi connectivity index (χ2v) is 9.53. The van der Waals surface area contributed by atoms with E-state index in [1.807, 2.05) is 60.7 Å². The van der Waals surface area contributed by atoms with Crippen molar-refractivity contribution < 1.29 is 36.9 Å². The molecule has 0 radical (unpaired) electrons. The Morgan fingerprint density at radius 1 is 0.600 bits per heavy atom. The summed E-state index contributed by atoms with van der Waals surface area (Å²) in [5.74, 6) is -1.75. The lowest BCUT2D eigenvalue weighted by atomic mass is 10.4. The van der Waals surface area contributed by atoms with Crippen molar-refractivity contribution in [3.8, 4) is 0 Å². The van der Waals surface area contributed by atoms with E-state index in [1.54, 1.807) is 0 Å². The van der Waals surface area contributed by atoms with E-state index >= 15 is 0 Å². The van der Waals surface area contributed by atoms with Gasteiger partial charge in [-0.25, -0.2) is 0 Å². The van der Waals surface area contributed by atoms with Crippen LogP contribution in [0.4, 0.5) is 0 Å². The van der Waals surface area contributed by atoms with E-state index in [2.05, 4.69) is 8.85 Å². The highest BCUT2D eigenvalue weighted by Gasteiger charge is 2.48. The number of hydrogen-bond acceptors (Lipinski definition) is 8. The van der Waals surface area contributed by atoms with Gasteiger partial charge in [0.25, 0.3) is 23.9 Å². The Balaban J connectivity index is 0.000000424. The summed E-state index contributed by atoms with van der Waals surface area (Å²) in [6.07, 6.45) is 0. The lowest BCUT2D eigenvalue weighted by molar-refractivity contribution is -0.139. The van der Waals surface area contributed by atoms with Gasteiger partial charge in [-0.05, 0) is 0 Å². The van der Waals surface area contributed by atoms with E-state index in [4.69, 9.17) is 8.85 Å². The van der Waals surface area contributed by atoms with Gasteiger partial charge >= 0.3 is 18.6 Å². The molecule has 0 N–H and O–H groups in total. The van der Waals surface area contributed by atoms with E-state index in [0.29, 0.717) is 10.4 Å². The molecule has 0 aromatic heterocycles. The Labute approximate surface area is 178 Å². The summed E-state index contributed by atoms with van der Waals surface area (Å²) in [5, 5.41) is 1.42. The van der Waals surface area contributed by atoms with Gasteiger partial charge in [-0.2, -0.15) is 0 Å². The van der Waals surface area contributed by atoms with Crippen molar-refractivity contribution in [3.05, 3.63) is 60.7 Å². The van der Waals surface area contributed by atoms with Gasteiger partial charge in [0.1, 0.15) is 0 Å². The molecule has 0 bridgehead atoms. The largest absolute Gasteiger partial charge is 0.534 e. The summed E-state index contributed by atoms with van der Waals surface area (Å²) in [7, 11) is -4.76. The SMILES string of the molecule is CC(=O)O[SiH2]OC(C)=O.CC(=O)O[Si](OC(C)=O)(c1ccccc1)c1ccccc1. The van der Waals surface area contributed by atoms with Gasteiger partial charge in [-0.15, -0.1) is 0 Å². The molecular formula is C20H24O8Si2. The lowest BCUT2D eigenvalue weighted by Gasteiger charge is -2.29. The third-order valence-corrected chi connectivity index (χ3v) is 7.79. The van der Waals surface area contributed by atoms with Crippen LogP contribution in [0.3, 0.4) is 0 Å². The average Bonchev–Trinajstić information content (AvgIpc) is 2.68. The van der Waals surface area contributed by atoms with E-state index in [1.165, 1.54) is 27.7 Å². The van der Waals surface area contributed by atoms with Crippen LogP contribution in [0.25, 0.3) is 0 Å². The van der Waals surface area contributed by atoms with E-state index in [9.17, 15) is 19.2 Å². The third-order valence-electron chi connectivity index (χ3n) is 3.41. The molecule has 10 heteroatoms. The first-order valence-corrected chi connectivity index (χ1v) is 11.9. The molecular weight excluding hydrogens is 424 g/mol. The first-order chi connectivity index (χ1) is 14.2. The molecule has 0 aliphatic carbocycles. The lowest BCUT2D eigenvalue weighted by Crippen LogP contribution is -2.64. The van der Waals surface area contributed by atoms with Gasteiger partial charge in [0.05, 0.1) is 0 Å². The number of carbonyl (C=O) groups is 4. The molecule has 2 rings (SSSR count). The minimum atomic E-state index is -3.37. The molecule has 0 aliphatic rings. The van der Waals surface area contributed by atoms with Crippen molar-refractivity contribution in [3.63, 3.8) is 0 Å². The molecule has 0 heterocycles. The van der Waals surface area contributed by atoms with Crippen LogP contribution in [-0.4, -0.2) is 42.4 Å². The normalized spacial score (nSPS) is 10.0. The molecule has 8 nitrogen and oxygen atoms in total. The monoisotopic (exact) mass is 448 g/mol.